The van der Waals surface area contributed by atoms with Gasteiger partial charge in [0, 0.05) is 28.8 Å². The van der Waals surface area contributed by atoms with Crippen molar-refractivity contribution in [1.82, 2.24) is 25.2 Å². The number of nitrogens with zero attached hydrogens (tertiary/aromatic N) is 4. The smallest absolute Gasteiger partial charge is 0.167 e. The lowest BCUT2D eigenvalue weighted by atomic mass is 9.79. The first-order valence-electron chi connectivity index (χ1n) is 10.6. The maximum absolute atomic E-state index is 6.24. The summed E-state index contributed by atoms with van der Waals surface area (Å²) in [6.45, 7) is 1.49. The van der Waals surface area contributed by atoms with Crippen molar-refractivity contribution in [3.8, 4) is 5.69 Å². The number of rotatable bonds is 2. The van der Waals surface area contributed by atoms with Gasteiger partial charge >= 0.3 is 0 Å². The Balaban J connectivity index is 0.00000204. The summed E-state index contributed by atoms with van der Waals surface area (Å²) in [4.78, 5) is 0. The van der Waals surface area contributed by atoms with E-state index in [4.69, 9.17) is 16.1 Å². The van der Waals surface area contributed by atoms with Gasteiger partial charge in [0.2, 0.25) is 0 Å². The van der Waals surface area contributed by atoms with E-state index < -0.39 is 0 Å². The van der Waals surface area contributed by atoms with E-state index in [0.29, 0.717) is 18.4 Å². The Morgan fingerprint density at radius 3 is 2.65 bits per heavy atom. The van der Waals surface area contributed by atoms with Crippen molar-refractivity contribution in [1.29, 1.82) is 0 Å². The first kappa shape index (κ1) is 20.5. The number of hydrogen-bond donors (Lipinski definition) is 1. The largest absolute Gasteiger partial charge is 0.356 e. The molecule has 8 heteroatoms. The van der Waals surface area contributed by atoms with Crippen molar-refractivity contribution < 1.29 is 4.52 Å². The third kappa shape index (κ3) is 3.53. The van der Waals surface area contributed by atoms with Crippen molar-refractivity contribution >= 4 is 35.0 Å². The molecule has 0 bridgehead atoms. The van der Waals surface area contributed by atoms with Crippen molar-refractivity contribution in [3.63, 3.8) is 0 Å². The molecule has 2 aromatic carbocycles. The van der Waals surface area contributed by atoms with Gasteiger partial charge < -0.3 is 9.84 Å². The Hall–Kier alpha value is -2.41. The predicted molar refractivity (Wildman–Crippen MR) is 122 cm³/mol. The fourth-order valence-corrected chi connectivity index (χ4v) is 5.21. The quantitative estimate of drug-likeness (QED) is 0.430. The first-order chi connectivity index (χ1) is 14.8. The number of fused-ring (bicyclic) bond motifs is 4. The van der Waals surface area contributed by atoms with Crippen molar-refractivity contribution in [3.05, 3.63) is 70.4 Å². The molecule has 6 nitrogen and oxygen atoms in total. The van der Waals surface area contributed by atoms with Crippen LogP contribution in [0.4, 0.5) is 0 Å². The summed E-state index contributed by atoms with van der Waals surface area (Å²) in [5.74, 6) is 2.86. The summed E-state index contributed by atoms with van der Waals surface area (Å²) < 4.78 is 7.80. The molecule has 0 spiro atoms. The van der Waals surface area contributed by atoms with Crippen molar-refractivity contribution in [2.45, 2.75) is 50.6 Å². The number of aromatic nitrogens is 4. The number of hydrogen-bond acceptors (Lipinski definition) is 5. The van der Waals surface area contributed by atoms with E-state index in [1.165, 1.54) is 5.56 Å². The molecule has 2 aromatic heterocycles. The Kier molecular flexibility index (Phi) is 5.46. The zero-order valence-corrected chi connectivity index (χ0v) is 18.5. The van der Waals surface area contributed by atoms with Crippen LogP contribution in [0.1, 0.15) is 60.4 Å². The van der Waals surface area contributed by atoms with E-state index in [-0.39, 0.29) is 12.4 Å². The number of halogens is 2. The van der Waals surface area contributed by atoms with Gasteiger partial charge in [0.15, 0.2) is 11.4 Å². The molecule has 6 rings (SSSR count). The lowest BCUT2D eigenvalue weighted by Gasteiger charge is -2.27. The molecule has 0 unspecified atom stereocenters. The highest BCUT2D eigenvalue weighted by atomic mass is 35.5. The highest BCUT2D eigenvalue weighted by Crippen LogP contribution is 2.42. The standard InChI is InChI=1S/C23H22ClN5O.ClH/c24-17-9-10-19-16(11-17)12-25-13-21-26-27-23(29(19)21)15-7-5-14(6-8-15)22-18-3-1-2-4-20(18)30-28-22;/h1-4,9-11,14-15,25H,5-8,12-13H2;1H. The SMILES string of the molecule is Cl.Clc1ccc2c(c1)CNCc1nnc(C3CCC(c4noc5ccccc45)CC3)n1-2. The van der Waals surface area contributed by atoms with Crippen LogP contribution < -0.4 is 5.32 Å². The summed E-state index contributed by atoms with van der Waals surface area (Å²) in [7, 11) is 0. The Morgan fingerprint density at radius 1 is 0.968 bits per heavy atom. The van der Waals surface area contributed by atoms with E-state index in [0.717, 1.165) is 71.3 Å². The normalized spacial score (nSPS) is 20.5. The highest BCUT2D eigenvalue weighted by molar-refractivity contribution is 6.30. The summed E-state index contributed by atoms with van der Waals surface area (Å²) in [5, 5.41) is 18.9. The number of nitrogens with one attached hydrogen (secondary N) is 1. The van der Waals surface area contributed by atoms with Gasteiger partial charge in [0.05, 0.1) is 17.9 Å². The van der Waals surface area contributed by atoms with Crippen LogP contribution in [-0.4, -0.2) is 19.9 Å². The molecular formula is C23H23Cl2N5O. The van der Waals surface area contributed by atoms with Crippen LogP contribution in [0.15, 0.2) is 47.0 Å². The van der Waals surface area contributed by atoms with Gasteiger partial charge in [-0.25, -0.2) is 0 Å². The molecule has 0 radical (unpaired) electrons. The van der Waals surface area contributed by atoms with E-state index in [9.17, 15) is 0 Å². The molecule has 0 saturated heterocycles. The molecule has 1 fully saturated rings. The van der Waals surface area contributed by atoms with Crippen LogP contribution in [-0.2, 0) is 13.1 Å². The molecule has 1 aliphatic carbocycles. The van der Waals surface area contributed by atoms with Crippen LogP contribution in [0.25, 0.3) is 16.7 Å². The lowest BCUT2D eigenvalue weighted by molar-refractivity contribution is 0.360. The molecule has 31 heavy (non-hydrogen) atoms. The predicted octanol–water partition coefficient (Wildman–Crippen LogP) is 5.53. The second-order valence-electron chi connectivity index (χ2n) is 8.30. The van der Waals surface area contributed by atoms with Gasteiger partial charge in [-0.05, 0) is 61.6 Å². The van der Waals surface area contributed by atoms with Gasteiger partial charge in [-0.3, -0.25) is 4.57 Å². The molecule has 1 saturated carbocycles. The van der Waals surface area contributed by atoms with Crippen LogP contribution in [0.5, 0.6) is 0 Å². The maximum atomic E-state index is 6.24. The third-order valence-electron chi connectivity index (χ3n) is 6.52. The van der Waals surface area contributed by atoms with Crippen LogP contribution in [0.2, 0.25) is 5.02 Å². The van der Waals surface area contributed by atoms with E-state index in [1.54, 1.807) is 0 Å². The topological polar surface area (TPSA) is 68.8 Å². The van der Waals surface area contributed by atoms with Gasteiger partial charge in [-0.15, -0.1) is 22.6 Å². The molecule has 1 aliphatic heterocycles. The van der Waals surface area contributed by atoms with Gasteiger partial charge in [-0.1, -0.05) is 28.9 Å². The minimum absolute atomic E-state index is 0. The minimum atomic E-state index is 0. The number of para-hydroxylation sites is 1. The highest BCUT2D eigenvalue weighted by Gasteiger charge is 2.31. The van der Waals surface area contributed by atoms with Crippen LogP contribution in [0.3, 0.4) is 0 Å². The van der Waals surface area contributed by atoms with Crippen LogP contribution >= 0.6 is 24.0 Å². The number of benzene rings is 2. The van der Waals surface area contributed by atoms with Gasteiger partial charge in [0.1, 0.15) is 5.82 Å². The fraction of sp³-hybridized carbons (Fsp3) is 0.348. The third-order valence-corrected chi connectivity index (χ3v) is 6.76. The van der Waals surface area contributed by atoms with Crippen molar-refractivity contribution in [2.24, 2.45) is 0 Å². The van der Waals surface area contributed by atoms with Gasteiger partial charge in [0.25, 0.3) is 0 Å². The molecule has 0 amide bonds. The van der Waals surface area contributed by atoms with E-state index >= 15 is 0 Å². The average Bonchev–Trinajstić information content (AvgIpc) is 3.34. The van der Waals surface area contributed by atoms with Gasteiger partial charge in [-0.2, -0.15) is 0 Å². The lowest BCUT2D eigenvalue weighted by Crippen LogP contribution is -2.17. The molecular weight excluding hydrogens is 433 g/mol. The second kappa shape index (κ2) is 8.26. The maximum Gasteiger partial charge on any atom is 0.167 e. The van der Waals surface area contributed by atoms with E-state index in [2.05, 4.69) is 43.4 Å². The Labute approximate surface area is 191 Å². The second-order valence-corrected chi connectivity index (χ2v) is 8.74. The van der Waals surface area contributed by atoms with Crippen LogP contribution in [0, 0.1) is 0 Å². The minimum Gasteiger partial charge on any atom is -0.356 e. The molecule has 3 heterocycles. The molecule has 1 N–H and O–H groups in total. The zero-order valence-electron chi connectivity index (χ0n) is 16.9. The zero-order chi connectivity index (χ0) is 20.1. The average molecular weight is 456 g/mol. The van der Waals surface area contributed by atoms with Crippen molar-refractivity contribution in [2.75, 3.05) is 0 Å². The molecule has 0 atom stereocenters. The molecule has 160 valence electrons. The monoisotopic (exact) mass is 455 g/mol. The summed E-state index contributed by atoms with van der Waals surface area (Å²) in [6, 6.07) is 14.2. The fourth-order valence-electron chi connectivity index (χ4n) is 5.02. The Morgan fingerprint density at radius 2 is 1.77 bits per heavy atom. The first-order valence-corrected chi connectivity index (χ1v) is 10.9. The Bertz CT molecular complexity index is 1230. The molecule has 4 aromatic rings. The summed E-state index contributed by atoms with van der Waals surface area (Å²) >= 11 is 6.24. The molecule has 2 aliphatic rings. The van der Waals surface area contributed by atoms with E-state index in [1.807, 2.05) is 24.3 Å². The summed E-state index contributed by atoms with van der Waals surface area (Å²) in [6.07, 6.45) is 4.30. The summed E-state index contributed by atoms with van der Waals surface area (Å²) in [5.41, 5.74) is 4.31.